The zero-order valence-electron chi connectivity index (χ0n) is 5.72. The molecule has 0 aromatic carbocycles. The van der Waals surface area contributed by atoms with E-state index in [1.807, 2.05) is 20.2 Å². The predicted octanol–water partition coefficient (Wildman–Crippen LogP) is 0.384. The molecule has 9 heavy (non-hydrogen) atoms. The normalized spacial score (nSPS) is 12.7. The Hall–Kier alpha value is -0.960. The van der Waals surface area contributed by atoms with E-state index in [-0.39, 0.29) is 0 Å². The second-order valence-corrected chi connectivity index (χ2v) is 1.42. The van der Waals surface area contributed by atoms with Crippen molar-refractivity contribution in [3.05, 3.63) is 24.6 Å². The zero-order valence-corrected chi connectivity index (χ0v) is 5.72. The van der Waals surface area contributed by atoms with Crippen molar-refractivity contribution in [3.8, 4) is 0 Å². The monoisotopic (exact) mass is 128 g/mol. The number of rotatable bonds is 0. The highest BCUT2D eigenvalue weighted by Crippen LogP contribution is 1.80. The van der Waals surface area contributed by atoms with Crippen molar-refractivity contribution in [1.29, 1.82) is 0 Å². The van der Waals surface area contributed by atoms with Crippen molar-refractivity contribution in [2.75, 3.05) is 14.1 Å². The van der Waals surface area contributed by atoms with Crippen LogP contribution in [0, 0.1) is 0 Å². The highest BCUT2D eigenvalue weighted by Gasteiger charge is 1.72. The Labute approximate surface area is 55.4 Å². The molecule has 52 valence electrons. The summed E-state index contributed by atoms with van der Waals surface area (Å²) in [7, 11) is 3.75. The maximum Gasteiger partial charge on any atom is 0.119 e. The van der Waals surface area contributed by atoms with Gasteiger partial charge in [0, 0.05) is 6.20 Å². The van der Waals surface area contributed by atoms with E-state index >= 15 is 0 Å². The van der Waals surface area contributed by atoms with E-state index in [0.717, 1.165) is 0 Å². The van der Waals surface area contributed by atoms with E-state index in [2.05, 4.69) is 15.6 Å². The summed E-state index contributed by atoms with van der Waals surface area (Å²) in [5.41, 5.74) is 2.52. The van der Waals surface area contributed by atoms with E-state index < -0.39 is 0 Å². The largest absolute Gasteiger partial charge is 0.391 e. The Morgan fingerprint density at radius 2 is 2.00 bits per heavy atom. The molecule has 3 nitrogen and oxygen atoms in total. The van der Waals surface area contributed by atoms with Crippen LogP contribution in [-0.4, -0.2) is 14.1 Å². The summed E-state index contributed by atoms with van der Waals surface area (Å²) in [4.78, 5) is 4.55. The van der Waals surface area contributed by atoms with Gasteiger partial charge in [0.2, 0.25) is 0 Å². The summed E-state index contributed by atoms with van der Waals surface area (Å²) < 4.78 is 0. The summed E-state index contributed by atoms with van der Waals surface area (Å²) in [5, 5.41) is 2.75. The smallest absolute Gasteiger partial charge is 0.119 e. The van der Waals surface area contributed by atoms with Gasteiger partial charge in [-0.05, 0) is 26.2 Å². The van der Waals surface area contributed by atoms with Crippen LogP contribution < -0.4 is 10.8 Å². The first-order valence-corrected chi connectivity index (χ1v) is 2.73. The summed E-state index contributed by atoms with van der Waals surface area (Å²) in [5.74, 6) is 0. The van der Waals surface area contributed by atoms with Gasteiger partial charge in [0.15, 0.2) is 0 Å². The molecule has 0 aromatic rings. The minimum atomic E-state index is 1.57. The van der Waals surface area contributed by atoms with Crippen LogP contribution in [0.4, 0.5) is 0 Å². The third kappa shape index (κ3) is 7.04. The molecule has 3 heteroatoms. The molecule has 0 spiro atoms. The maximum absolute atomic E-state index is 4.55. The fourth-order valence-electron chi connectivity index (χ4n) is 0.258. The second-order valence-electron chi connectivity index (χ2n) is 1.42. The summed E-state index contributed by atoms with van der Waals surface area (Å²) >= 11 is 0. The van der Waals surface area contributed by atoms with Crippen molar-refractivity contribution in [1.82, 2.24) is 10.8 Å². The molecule has 0 aromatic heterocycles. The lowest BCUT2D eigenvalue weighted by molar-refractivity contribution is 0.172. The van der Waals surface area contributed by atoms with Crippen LogP contribution in [0.15, 0.2) is 24.6 Å². The quantitative estimate of drug-likeness (QED) is 0.495. The summed E-state index contributed by atoms with van der Waals surface area (Å²) in [6.45, 7) is 0. The molecule has 1 aliphatic heterocycles. The summed E-state index contributed by atoms with van der Waals surface area (Å²) in [6.07, 6.45) is 6.93. The van der Waals surface area contributed by atoms with Crippen molar-refractivity contribution in [3.63, 3.8) is 0 Å². The molecule has 2 N–H and O–H groups in total. The number of hydrogen-bond acceptors (Lipinski definition) is 3. The Kier molecular flexibility index (Phi) is 6.29. The van der Waals surface area contributed by atoms with Gasteiger partial charge in [0.25, 0.3) is 0 Å². The van der Waals surface area contributed by atoms with Gasteiger partial charge in [-0.15, -0.1) is 0 Å². The average molecular weight is 128 g/mol. The molecule has 0 bridgehead atoms. The number of nitrogens with one attached hydrogen (secondary N) is 2. The maximum atomic E-state index is 4.55. The SMILES string of the molecule is C1=CNOC=C1.CNC. The van der Waals surface area contributed by atoms with Gasteiger partial charge in [-0.2, -0.15) is 0 Å². The standard InChI is InChI=1S/C4H5NO.C2H7N/c1-2-4-6-5-3-1;1-3-2/h1-5H;3H,1-2H3. The van der Waals surface area contributed by atoms with Gasteiger partial charge in [-0.1, -0.05) is 0 Å². The molecular weight excluding hydrogens is 116 g/mol. The fraction of sp³-hybridized carbons (Fsp3) is 0.333. The molecule has 0 unspecified atom stereocenters. The van der Waals surface area contributed by atoms with Gasteiger partial charge < -0.3 is 10.2 Å². The Balaban J connectivity index is 0.000000187. The number of hydrogen-bond donors (Lipinski definition) is 2. The highest BCUT2D eigenvalue weighted by molar-refractivity contribution is 5.00. The highest BCUT2D eigenvalue weighted by atomic mass is 16.6. The van der Waals surface area contributed by atoms with Crippen LogP contribution in [-0.2, 0) is 4.84 Å². The molecule has 1 rings (SSSR count). The first kappa shape index (κ1) is 8.04. The third-order valence-corrected chi connectivity index (χ3v) is 0.490. The average Bonchev–Trinajstić information content (AvgIpc) is 1.93. The van der Waals surface area contributed by atoms with E-state index in [1.165, 1.54) is 0 Å². The lowest BCUT2D eigenvalue weighted by atomic mass is 10.6. The van der Waals surface area contributed by atoms with Gasteiger partial charge >= 0.3 is 0 Å². The Bertz CT molecular complexity index is 87.2. The second kappa shape index (κ2) is 7.04. The lowest BCUT2D eigenvalue weighted by Crippen LogP contribution is -2.01. The first-order chi connectivity index (χ1) is 4.41. The van der Waals surface area contributed by atoms with E-state index in [0.29, 0.717) is 0 Å². The Morgan fingerprint density at radius 1 is 1.33 bits per heavy atom. The van der Waals surface area contributed by atoms with Crippen molar-refractivity contribution < 1.29 is 4.84 Å². The van der Waals surface area contributed by atoms with Gasteiger partial charge in [0.05, 0.1) is 0 Å². The molecular formula is C6H12N2O. The zero-order chi connectivity index (χ0) is 6.95. The van der Waals surface area contributed by atoms with Crippen molar-refractivity contribution in [2.24, 2.45) is 0 Å². The fourth-order valence-corrected chi connectivity index (χ4v) is 0.258. The third-order valence-electron chi connectivity index (χ3n) is 0.490. The van der Waals surface area contributed by atoms with Gasteiger partial charge in [0.1, 0.15) is 6.26 Å². The van der Waals surface area contributed by atoms with Crippen LogP contribution in [0.1, 0.15) is 0 Å². The topological polar surface area (TPSA) is 33.3 Å². The van der Waals surface area contributed by atoms with E-state index in [4.69, 9.17) is 0 Å². The van der Waals surface area contributed by atoms with Crippen LogP contribution in [0.5, 0.6) is 0 Å². The molecule has 0 radical (unpaired) electrons. The van der Waals surface area contributed by atoms with Crippen LogP contribution in [0.2, 0.25) is 0 Å². The molecule has 0 saturated carbocycles. The van der Waals surface area contributed by atoms with Gasteiger partial charge in [-0.25, -0.2) is 5.48 Å². The van der Waals surface area contributed by atoms with Crippen molar-refractivity contribution >= 4 is 0 Å². The molecule has 0 fully saturated rings. The minimum absolute atomic E-state index is 1.57. The first-order valence-electron chi connectivity index (χ1n) is 2.73. The van der Waals surface area contributed by atoms with Crippen molar-refractivity contribution in [2.45, 2.75) is 0 Å². The van der Waals surface area contributed by atoms with E-state index in [1.54, 1.807) is 18.5 Å². The molecule has 1 aliphatic rings. The molecule has 0 saturated heterocycles. The molecule has 0 amide bonds. The number of allylic oxidation sites excluding steroid dienone is 2. The molecule has 0 aliphatic carbocycles. The van der Waals surface area contributed by atoms with E-state index in [9.17, 15) is 0 Å². The number of hydroxylamine groups is 1. The van der Waals surface area contributed by atoms with Crippen LogP contribution >= 0.6 is 0 Å². The predicted molar refractivity (Wildman–Crippen MR) is 37.5 cm³/mol. The molecule has 1 heterocycles. The summed E-state index contributed by atoms with van der Waals surface area (Å²) in [6, 6.07) is 0. The Morgan fingerprint density at radius 3 is 2.11 bits per heavy atom. The van der Waals surface area contributed by atoms with Crippen LogP contribution in [0.25, 0.3) is 0 Å². The minimum Gasteiger partial charge on any atom is -0.391 e. The van der Waals surface area contributed by atoms with Gasteiger partial charge in [-0.3, -0.25) is 0 Å². The van der Waals surface area contributed by atoms with Crippen LogP contribution in [0.3, 0.4) is 0 Å². The lowest BCUT2D eigenvalue weighted by Gasteiger charge is -1.97. The molecule has 0 atom stereocenters.